The van der Waals surface area contributed by atoms with Crippen LogP contribution >= 0.6 is 0 Å². The molecule has 0 aromatic heterocycles. The smallest absolute Gasteiger partial charge is 0.312 e. The Morgan fingerprint density at radius 2 is 0.811 bits per heavy atom. The highest BCUT2D eigenvalue weighted by Gasteiger charge is 2.31. The maximum absolute atomic E-state index is 12.2. The summed E-state index contributed by atoms with van der Waals surface area (Å²) in [5.41, 5.74) is -1.13. The minimum absolute atomic E-state index is 0. The van der Waals surface area contributed by atoms with E-state index in [0.29, 0.717) is 29.8 Å². The van der Waals surface area contributed by atoms with Gasteiger partial charge in [-0.3, -0.25) is 14.4 Å². The normalized spacial score (nSPS) is 11.8. The third-order valence-corrected chi connectivity index (χ3v) is 8.57. The van der Waals surface area contributed by atoms with E-state index in [1.165, 1.54) is 0 Å². The number of hydrogen-bond acceptors (Lipinski definition) is 6. The third kappa shape index (κ3) is 39.9. The van der Waals surface area contributed by atoms with Gasteiger partial charge in [0.1, 0.15) is 11.7 Å². The molecule has 53 heavy (non-hydrogen) atoms. The summed E-state index contributed by atoms with van der Waals surface area (Å²) in [6.45, 7) is 41.5. The first-order valence-electron chi connectivity index (χ1n) is 18.6. The lowest BCUT2D eigenvalue weighted by atomic mass is 9.86. The zero-order chi connectivity index (χ0) is 38.0. The van der Waals surface area contributed by atoms with Gasteiger partial charge >= 0.3 is 17.9 Å². The molecule has 6 nitrogen and oxygen atoms in total. The van der Waals surface area contributed by atoms with Crippen molar-refractivity contribution in [3.8, 4) is 0 Å². The molecule has 0 saturated carbocycles. The molecule has 1 atom stereocenters. The molecule has 0 bridgehead atoms. The monoisotopic (exact) mass is 767 g/mol. The molecular weight excluding hydrogens is 661 g/mol. The number of esters is 3. The summed E-state index contributed by atoms with van der Waals surface area (Å²) in [5, 5.41) is 0. The van der Waals surface area contributed by atoms with Crippen LogP contribution in [0.1, 0.15) is 234 Å². The molecule has 0 amide bonds. The van der Waals surface area contributed by atoms with E-state index in [1.54, 1.807) is 0 Å². The minimum atomic E-state index is -0.372. The van der Waals surface area contributed by atoms with Gasteiger partial charge in [-0.25, -0.2) is 0 Å². The van der Waals surface area contributed by atoms with Crippen molar-refractivity contribution in [3.05, 3.63) is 0 Å². The van der Waals surface area contributed by atoms with Crippen LogP contribution in [0.15, 0.2) is 0 Å². The van der Waals surface area contributed by atoms with Crippen LogP contribution in [-0.2, 0) is 28.6 Å². The van der Waals surface area contributed by atoms with E-state index >= 15 is 0 Å². The number of carbonyl (C=O) groups excluding carboxylic acids is 3. The van der Waals surface area contributed by atoms with Gasteiger partial charge in [-0.2, -0.15) is 0 Å². The summed E-state index contributed by atoms with van der Waals surface area (Å²) in [4.78, 5) is 35.4. The van der Waals surface area contributed by atoms with Crippen molar-refractivity contribution in [3.63, 3.8) is 0 Å². The van der Waals surface area contributed by atoms with Crippen LogP contribution in [-0.4, -0.2) is 36.2 Å². The standard InChI is InChI=1S/C17H34O2.C14H28O2.C10H20O2.6CH4/c1-8-17(6,7)16(18)19-15(11-9-13(2)3)12-10-14(4)5;1-8-14(6,7)12(15)16-10-11(2)9-13(3,4)5;1-7-10(5,6)8(11)12-9(2,3)4;;;;;;/h13-15H,8-12H2,1-7H3;11H,8-10H2,1-7H3;7H2,1-6H3;6*1H4. The second kappa shape index (κ2) is 32.6. The molecule has 0 aliphatic heterocycles. The van der Waals surface area contributed by atoms with Gasteiger partial charge in [0.15, 0.2) is 0 Å². The van der Waals surface area contributed by atoms with Crippen LogP contribution in [0.5, 0.6) is 0 Å². The number of hydrogen-bond donors (Lipinski definition) is 0. The van der Waals surface area contributed by atoms with Crippen molar-refractivity contribution < 1.29 is 28.6 Å². The molecule has 0 rings (SSSR count). The maximum Gasteiger partial charge on any atom is 0.312 e. The first-order valence-corrected chi connectivity index (χ1v) is 18.6. The Labute approximate surface area is 337 Å². The molecule has 0 aliphatic rings. The lowest BCUT2D eigenvalue weighted by molar-refractivity contribution is -0.166. The van der Waals surface area contributed by atoms with E-state index in [0.717, 1.165) is 51.4 Å². The van der Waals surface area contributed by atoms with Crippen molar-refractivity contribution in [2.24, 2.45) is 39.4 Å². The van der Waals surface area contributed by atoms with Crippen LogP contribution in [0.3, 0.4) is 0 Å². The van der Waals surface area contributed by atoms with E-state index in [2.05, 4.69) is 55.4 Å². The zero-order valence-corrected chi connectivity index (χ0v) is 35.1. The van der Waals surface area contributed by atoms with E-state index in [9.17, 15) is 14.4 Å². The van der Waals surface area contributed by atoms with E-state index in [4.69, 9.17) is 14.2 Å². The fourth-order valence-corrected chi connectivity index (χ4v) is 3.98. The number of rotatable bonds is 16. The first kappa shape index (κ1) is 72.6. The Kier molecular flexibility index (Phi) is 44.7. The van der Waals surface area contributed by atoms with Crippen LogP contribution < -0.4 is 0 Å². The molecule has 0 aliphatic carbocycles. The van der Waals surface area contributed by atoms with Crippen molar-refractivity contribution >= 4 is 17.9 Å². The third-order valence-electron chi connectivity index (χ3n) is 8.57. The summed E-state index contributed by atoms with van der Waals surface area (Å²) in [6, 6.07) is 0. The fourth-order valence-electron chi connectivity index (χ4n) is 3.98. The summed E-state index contributed by atoms with van der Waals surface area (Å²) < 4.78 is 16.4. The Morgan fingerprint density at radius 3 is 1.09 bits per heavy atom. The quantitative estimate of drug-likeness (QED) is 0.115. The van der Waals surface area contributed by atoms with Gasteiger partial charge in [-0.1, -0.05) is 121 Å². The molecule has 330 valence electrons. The molecule has 0 saturated heterocycles. The minimum Gasteiger partial charge on any atom is -0.465 e. The second-order valence-corrected chi connectivity index (χ2v) is 18.7. The average Bonchev–Trinajstić information content (AvgIpc) is 2.91. The maximum atomic E-state index is 12.2. The molecule has 0 fully saturated rings. The SMILES string of the molecule is C.C.C.C.C.C.CCC(C)(C)C(=O)OC(C)(C)C.CCC(C)(C)C(=O)OC(CCC(C)C)CCC(C)C.CCC(C)(C)C(=O)OCC(C)CC(C)(C)C. The molecule has 0 radical (unpaired) electrons. The molecule has 1 unspecified atom stereocenters. The lowest BCUT2D eigenvalue weighted by Crippen LogP contribution is -2.33. The van der Waals surface area contributed by atoms with E-state index in [1.807, 2.05) is 83.1 Å². The summed E-state index contributed by atoms with van der Waals surface area (Å²) in [5.74, 6) is 1.54. The van der Waals surface area contributed by atoms with E-state index in [-0.39, 0.29) is 90.4 Å². The van der Waals surface area contributed by atoms with Gasteiger partial charge in [0.25, 0.3) is 0 Å². The van der Waals surface area contributed by atoms with Gasteiger partial charge in [-0.15, -0.1) is 0 Å². The van der Waals surface area contributed by atoms with Crippen LogP contribution in [0.25, 0.3) is 0 Å². The Hall–Kier alpha value is -1.59. The lowest BCUT2D eigenvalue weighted by Gasteiger charge is -2.27. The molecule has 0 spiro atoms. The van der Waals surface area contributed by atoms with Gasteiger partial charge in [-0.05, 0) is 137 Å². The van der Waals surface area contributed by atoms with Crippen molar-refractivity contribution in [2.45, 2.75) is 246 Å². The number of carbonyl (C=O) groups is 3. The molecule has 0 aromatic rings. The van der Waals surface area contributed by atoms with Crippen molar-refractivity contribution in [2.75, 3.05) is 6.61 Å². The predicted molar refractivity (Wildman–Crippen MR) is 241 cm³/mol. The largest absolute Gasteiger partial charge is 0.465 e. The molecule has 0 N–H and O–H groups in total. The Bertz CT molecular complexity index is 856. The summed E-state index contributed by atoms with van der Waals surface area (Å²) in [6.07, 6.45) is 7.88. The zero-order valence-electron chi connectivity index (χ0n) is 35.1. The van der Waals surface area contributed by atoms with Gasteiger partial charge in [0, 0.05) is 0 Å². The average molecular weight is 767 g/mol. The van der Waals surface area contributed by atoms with Gasteiger partial charge in [0.05, 0.1) is 22.9 Å². The summed E-state index contributed by atoms with van der Waals surface area (Å²) in [7, 11) is 0. The highest BCUT2D eigenvalue weighted by molar-refractivity contribution is 5.76. The molecule has 0 aromatic carbocycles. The highest BCUT2D eigenvalue weighted by atomic mass is 16.6. The molecule has 0 heterocycles. The van der Waals surface area contributed by atoms with Crippen LogP contribution in [0.2, 0.25) is 0 Å². The van der Waals surface area contributed by atoms with Crippen LogP contribution in [0.4, 0.5) is 0 Å². The van der Waals surface area contributed by atoms with Crippen molar-refractivity contribution in [1.29, 1.82) is 0 Å². The highest BCUT2D eigenvalue weighted by Crippen LogP contribution is 2.28. The number of ether oxygens (including phenoxy) is 3. The Morgan fingerprint density at radius 1 is 0.491 bits per heavy atom. The topological polar surface area (TPSA) is 78.9 Å². The van der Waals surface area contributed by atoms with Crippen LogP contribution in [0, 0.1) is 39.4 Å². The fraction of sp³-hybridized carbons (Fsp3) is 0.936. The van der Waals surface area contributed by atoms with E-state index < -0.39 is 0 Å². The Balaban J connectivity index is -0.0000000756. The predicted octanol–water partition coefficient (Wildman–Crippen LogP) is 15.8. The second-order valence-electron chi connectivity index (χ2n) is 18.7. The molecule has 6 heteroatoms. The summed E-state index contributed by atoms with van der Waals surface area (Å²) >= 11 is 0. The first-order chi connectivity index (χ1) is 21.0. The van der Waals surface area contributed by atoms with Gasteiger partial charge in [0.2, 0.25) is 0 Å². The van der Waals surface area contributed by atoms with Gasteiger partial charge < -0.3 is 14.2 Å². The molecular formula is C47H106O6. The van der Waals surface area contributed by atoms with Crippen molar-refractivity contribution in [1.82, 2.24) is 0 Å².